The predicted molar refractivity (Wildman–Crippen MR) is 41.7 cm³/mol. The van der Waals surface area contributed by atoms with E-state index >= 15 is 0 Å². The molecule has 14 heteroatoms. The van der Waals surface area contributed by atoms with Crippen molar-refractivity contribution < 1.29 is 61.9 Å². The van der Waals surface area contributed by atoms with Crippen LogP contribution in [0.4, 0.5) is 57.1 Å². The van der Waals surface area contributed by atoms with Gasteiger partial charge in [0.15, 0.2) is 6.17 Å². The van der Waals surface area contributed by atoms with E-state index in [-0.39, 0.29) is 0 Å². The Morgan fingerprint density at radius 2 is 1.09 bits per heavy atom. The van der Waals surface area contributed by atoms with Gasteiger partial charge in [0.05, 0.1) is 0 Å². The SMILES string of the molecule is O=C(F)C(F)(F)C(F)(F)C(F)(F)C(F)(F)C(F)C(F)C(F)F. The van der Waals surface area contributed by atoms with Gasteiger partial charge in [0, 0.05) is 0 Å². The first-order valence-corrected chi connectivity index (χ1v) is 4.73. The molecule has 0 rings (SSSR count). The van der Waals surface area contributed by atoms with Crippen molar-refractivity contribution in [2.75, 3.05) is 0 Å². The zero-order valence-corrected chi connectivity index (χ0v) is 9.55. The minimum Gasteiger partial charge on any atom is -0.254 e. The second-order valence-corrected chi connectivity index (χ2v) is 3.80. The molecule has 0 amide bonds. The first kappa shape index (κ1) is 20.8. The normalized spacial score (nSPS) is 17.5. The number of carbonyl (C=O) groups is 1. The van der Waals surface area contributed by atoms with E-state index in [0.717, 1.165) is 0 Å². The maximum Gasteiger partial charge on any atom is 0.404 e. The summed E-state index contributed by atoms with van der Waals surface area (Å²) in [6.45, 7) is 0. The summed E-state index contributed by atoms with van der Waals surface area (Å²) in [5.74, 6) is -29.3. The Kier molecular flexibility index (Phi) is 5.43. The lowest BCUT2D eigenvalue weighted by molar-refractivity contribution is -0.372. The molecule has 0 radical (unpaired) electrons. The summed E-state index contributed by atoms with van der Waals surface area (Å²) in [5.41, 5.74) is 0. The van der Waals surface area contributed by atoms with Gasteiger partial charge in [0.25, 0.3) is 6.43 Å². The van der Waals surface area contributed by atoms with E-state index in [4.69, 9.17) is 0 Å². The van der Waals surface area contributed by atoms with Gasteiger partial charge in [0.2, 0.25) is 6.17 Å². The molecule has 0 aromatic rings. The van der Waals surface area contributed by atoms with Gasteiger partial charge >= 0.3 is 29.7 Å². The summed E-state index contributed by atoms with van der Waals surface area (Å²) in [6, 6.07) is -4.48. The van der Waals surface area contributed by atoms with E-state index in [9.17, 15) is 61.9 Å². The smallest absolute Gasteiger partial charge is 0.254 e. The van der Waals surface area contributed by atoms with Crippen LogP contribution in [0.2, 0.25) is 0 Å². The van der Waals surface area contributed by atoms with Crippen LogP contribution in [0.5, 0.6) is 0 Å². The van der Waals surface area contributed by atoms with Gasteiger partial charge in [-0.1, -0.05) is 0 Å². The molecule has 132 valence electrons. The third-order valence-electron chi connectivity index (χ3n) is 2.32. The van der Waals surface area contributed by atoms with Gasteiger partial charge in [-0.05, 0) is 0 Å². The van der Waals surface area contributed by atoms with Gasteiger partial charge in [-0.3, -0.25) is 4.79 Å². The Bertz CT molecular complexity index is 416. The molecular weight excluding hydrogens is 359 g/mol. The quantitative estimate of drug-likeness (QED) is 0.495. The molecule has 0 aliphatic heterocycles. The summed E-state index contributed by atoms with van der Waals surface area (Å²) in [7, 11) is 0. The maximum atomic E-state index is 12.8. The van der Waals surface area contributed by atoms with Crippen molar-refractivity contribution in [3.8, 4) is 0 Å². The third-order valence-corrected chi connectivity index (χ3v) is 2.32. The van der Waals surface area contributed by atoms with Crippen LogP contribution in [-0.4, -0.2) is 48.5 Å². The standard InChI is InChI=1S/C8H3F13O/c9-1(3(11)12)2(10)5(14,15)7(18,19)8(20,21)6(16,17)4(13)22/h1-3H. The average molecular weight is 362 g/mol. The number of alkyl halides is 12. The molecule has 0 bridgehead atoms. The van der Waals surface area contributed by atoms with Crippen molar-refractivity contribution in [2.45, 2.75) is 42.5 Å². The van der Waals surface area contributed by atoms with E-state index in [1.165, 1.54) is 0 Å². The molecule has 0 fully saturated rings. The molecule has 0 saturated carbocycles. The maximum absolute atomic E-state index is 12.8. The van der Waals surface area contributed by atoms with Crippen molar-refractivity contribution >= 4 is 6.04 Å². The predicted octanol–water partition coefficient (Wildman–Crippen LogP) is 3.97. The van der Waals surface area contributed by atoms with Gasteiger partial charge in [-0.15, -0.1) is 0 Å². The van der Waals surface area contributed by atoms with Crippen LogP contribution in [0.1, 0.15) is 0 Å². The summed E-state index contributed by atoms with van der Waals surface area (Å²) < 4.78 is 161. The molecule has 0 aromatic heterocycles. The highest BCUT2D eigenvalue weighted by atomic mass is 19.4. The van der Waals surface area contributed by atoms with Crippen LogP contribution in [0.25, 0.3) is 0 Å². The summed E-state index contributed by atoms with van der Waals surface area (Å²) in [5, 5.41) is 0. The van der Waals surface area contributed by atoms with E-state index in [1.807, 2.05) is 0 Å². The van der Waals surface area contributed by atoms with E-state index in [2.05, 4.69) is 0 Å². The highest BCUT2D eigenvalue weighted by molar-refractivity contribution is 5.78. The minimum absolute atomic E-state index is 4.48. The molecular formula is C8H3F13O. The minimum atomic E-state index is -7.58. The lowest BCUT2D eigenvalue weighted by Gasteiger charge is -2.36. The fourth-order valence-electron chi connectivity index (χ4n) is 1.03. The van der Waals surface area contributed by atoms with Gasteiger partial charge in [-0.2, -0.15) is 39.5 Å². The Morgan fingerprint density at radius 3 is 1.36 bits per heavy atom. The fourth-order valence-corrected chi connectivity index (χ4v) is 1.03. The zero-order chi connectivity index (χ0) is 18.3. The van der Waals surface area contributed by atoms with Crippen LogP contribution in [0, 0.1) is 0 Å². The van der Waals surface area contributed by atoms with E-state index in [1.54, 1.807) is 0 Å². The van der Waals surface area contributed by atoms with Crippen LogP contribution in [0.15, 0.2) is 0 Å². The number of rotatable bonds is 7. The molecule has 22 heavy (non-hydrogen) atoms. The van der Waals surface area contributed by atoms with Gasteiger partial charge in [0.1, 0.15) is 0 Å². The highest BCUT2D eigenvalue weighted by Crippen LogP contribution is 2.55. The summed E-state index contributed by atoms with van der Waals surface area (Å²) in [6.07, 6.45) is -14.8. The third kappa shape index (κ3) is 2.83. The Morgan fingerprint density at radius 1 is 0.727 bits per heavy atom. The summed E-state index contributed by atoms with van der Waals surface area (Å²) >= 11 is 0. The van der Waals surface area contributed by atoms with Crippen LogP contribution in [0.3, 0.4) is 0 Å². The molecule has 2 unspecified atom stereocenters. The molecule has 0 heterocycles. The molecule has 0 aromatic carbocycles. The largest absolute Gasteiger partial charge is 0.404 e. The summed E-state index contributed by atoms with van der Waals surface area (Å²) in [4.78, 5) is 9.54. The van der Waals surface area contributed by atoms with Crippen molar-refractivity contribution in [3.05, 3.63) is 0 Å². The van der Waals surface area contributed by atoms with E-state index < -0.39 is 48.5 Å². The molecule has 1 nitrogen and oxygen atoms in total. The second kappa shape index (κ2) is 5.76. The van der Waals surface area contributed by atoms with Crippen molar-refractivity contribution in [2.24, 2.45) is 0 Å². The average Bonchev–Trinajstić information content (AvgIpc) is 2.35. The molecule has 0 N–H and O–H groups in total. The molecule has 2 atom stereocenters. The Balaban J connectivity index is 5.94. The second-order valence-electron chi connectivity index (χ2n) is 3.80. The van der Waals surface area contributed by atoms with Crippen LogP contribution in [-0.2, 0) is 4.79 Å². The van der Waals surface area contributed by atoms with Gasteiger partial charge in [-0.25, -0.2) is 17.6 Å². The molecule has 0 saturated heterocycles. The van der Waals surface area contributed by atoms with Crippen LogP contribution >= 0.6 is 0 Å². The lowest BCUT2D eigenvalue weighted by atomic mass is 9.94. The lowest BCUT2D eigenvalue weighted by Crippen LogP contribution is -2.67. The zero-order valence-electron chi connectivity index (χ0n) is 9.55. The fraction of sp³-hybridized carbons (Fsp3) is 0.875. The number of halogens is 13. The highest BCUT2D eigenvalue weighted by Gasteiger charge is 2.85. The van der Waals surface area contributed by atoms with Crippen molar-refractivity contribution in [1.29, 1.82) is 0 Å². The number of carbonyl (C=O) groups excluding carboxylic acids is 1. The molecule has 0 aliphatic rings. The number of hydrogen-bond donors (Lipinski definition) is 0. The van der Waals surface area contributed by atoms with Gasteiger partial charge < -0.3 is 0 Å². The van der Waals surface area contributed by atoms with Crippen molar-refractivity contribution in [1.82, 2.24) is 0 Å². The molecule has 0 aliphatic carbocycles. The topological polar surface area (TPSA) is 17.1 Å². The van der Waals surface area contributed by atoms with Crippen molar-refractivity contribution in [3.63, 3.8) is 0 Å². The monoisotopic (exact) mass is 362 g/mol. The molecule has 0 spiro atoms. The van der Waals surface area contributed by atoms with E-state index in [0.29, 0.717) is 0 Å². The first-order chi connectivity index (χ1) is 9.46. The first-order valence-electron chi connectivity index (χ1n) is 4.73. The number of hydrogen-bond acceptors (Lipinski definition) is 1. The Labute approximate surface area is 112 Å². The Hall–Kier alpha value is -1.24. The van der Waals surface area contributed by atoms with Crippen LogP contribution < -0.4 is 0 Å².